The number of nitrogens with zero attached hydrogens (tertiary/aromatic N) is 2. The number of hydrazine groups is 1. The van der Waals surface area contributed by atoms with Crippen LogP contribution in [0.15, 0.2) is 0 Å². The second-order valence-electron chi connectivity index (χ2n) is 7.18. The summed E-state index contributed by atoms with van der Waals surface area (Å²) in [5.74, 6) is 5.85. The van der Waals surface area contributed by atoms with Gasteiger partial charge in [0.1, 0.15) is 5.78 Å². The fourth-order valence-corrected chi connectivity index (χ4v) is 3.70. The van der Waals surface area contributed by atoms with E-state index in [0.29, 0.717) is 6.54 Å². The van der Waals surface area contributed by atoms with E-state index in [2.05, 4.69) is 10.2 Å². The van der Waals surface area contributed by atoms with E-state index in [9.17, 15) is 9.59 Å². The van der Waals surface area contributed by atoms with Crippen molar-refractivity contribution in [2.24, 2.45) is 23.6 Å². The van der Waals surface area contributed by atoms with E-state index in [0.717, 1.165) is 58.4 Å². The molecule has 1 aliphatic heterocycles. The molecule has 0 radical (unpaired) electrons. The van der Waals surface area contributed by atoms with Crippen molar-refractivity contribution < 1.29 is 9.59 Å². The highest BCUT2D eigenvalue weighted by atomic mass is 16.2. The smallest absolute Gasteiger partial charge is 0.240 e. The van der Waals surface area contributed by atoms with Crippen molar-refractivity contribution in [2.45, 2.75) is 39.5 Å². The molecular weight excluding hydrogens is 292 g/mol. The number of ketones is 1. The SMILES string of the molecule is CC(C)C(=O)[C@@H]1CCCC[C@@H]1C(=O)N(N)CCN1CCNCC1. The van der Waals surface area contributed by atoms with Crippen LogP contribution >= 0.6 is 0 Å². The molecule has 1 saturated carbocycles. The Morgan fingerprint density at radius 1 is 1.17 bits per heavy atom. The van der Waals surface area contributed by atoms with Gasteiger partial charge in [0.2, 0.25) is 5.91 Å². The van der Waals surface area contributed by atoms with Gasteiger partial charge < -0.3 is 5.32 Å². The number of rotatable bonds is 6. The fraction of sp³-hybridized carbons (Fsp3) is 0.882. The van der Waals surface area contributed by atoms with Crippen molar-refractivity contribution in [3.8, 4) is 0 Å². The predicted octanol–water partition coefficient (Wildman–Crippen LogP) is 0.625. The third-order valence-electron chi connectivity index (χ3n) is 5.17. The van der Waals surface area contributed by atoms with E-state index in [4.69, 9.17) is 5.84 Å². The topological polar surface area (TPSA) is 78.7 Å². The molecule has 2 aliphatic rings. The lowest BCUT2D eigenvalue weighted by atomic mass is 9.74. The van der Waals surface area contributed by atoms with Crippen LogP contribution in [0.5, 0.6) is 0 Å². The Morgan fingerprint density at radius 2 is 1.78 bits per heavy atom. The largest absolute Gasteiger partial charge is 0.314 e. The number of carbonyl (C=O) groups is 2. The first-order valence-electron chi connectivity index (χ1n) is 9.03. The van der Waals surface area contributed by atoms with E-state index in [1.807, 2.05) is 13.8 Å². The molecule has 2 fully saturated rings. The van der Waals surface area contributed by atoms with Gasteiger partial charge in [0.25, 0.3) is 0 Å². The molecule has 0 unspecified atom stereocenters. The molecule has 2 rings (SSSR count). The van der Waals surface area contributed by atoms with Gasteiger partial charge in [-0.2, -0.15) is 0 Å². The van der Waals surface area contributed by atoms with E-state index in [-0.39, 0.29) is 29.4 Å². The minimum atomic E-state index is -0.216. The summed E-state index contributed by atoms with van der Waals surface area (Å²) in [6.07, 6.45) is 3.69. The minimum absolute atomic E-state index is 0.0134. The Morgan fingerprint density at radius 3 is 2.39 bits per heavy atom. The number of piperazine rings is 1. The minimum Gasteiger partial charge on any atom is -0.314 e. The molecule has 1 aliphatic carbocycles. The summed E-state index contributed by atoms with van der Waals surface area (Å²) in [7, 11) is 0. The van der Waals surface area contributed by atoms with Gasteiger partial charge in [-0.3, -0.25) is 19.5 Å². The predicted molar refractivity (Wildman–Crippen MR) is 90.5 cm³/mol. The Labute approximate surface area is 139 Å². The number of nitrogens with two attached hydrogens (primary N) is 1. The standard InChI is InChI=1S/C17H32N4O2/c1-13(2)16(22)14-5-3-4-6-15(14)17(23)21(18)12-11-20-9-7-19-8-10-20/h13-15,19H,3-12,18H2,1-2H3/t14-,15+/m1/s1. The molecule has 3 N–H and O–H groups in total. The van der Waals surface area contributed by atoms with Gasteiger partial charge in [-0.05, 0) is 12.8 Å². The molecule has 132 valence electrons. The molecule has 23 heavy (non-hydrogen) atoms. The van der Waals surface area contributed by atoms with Crippen LogP contribution in [0.1, 0.15) is 39.5 Å². The second-order valence-corrected chi connectivity index (χ2v) is 7.18. The van der Waals surface area contributed by atoms with Crippen LogP contribution in [0.25, 0.3) is 0 Å². The zero-order valence-corrected chi connectivity index (χ0v) is 14.6. The van der Waals surface area contributed by atoms with Crippen molar-refractivity contribution in [2.75, 3.05) is 39.3 Å². The molecule has 2 atom stereocenters. The number of Topliss-reactive ketones (excluding diaryl/α,β-unsaturated/α-hetero) is 1. The average Bonchev–Trinajstić information content (AvgIpc) is 2.59. The van der Waals surface area contributed by atoms with Crippen molar-refractivity contribution in [3.05, 3.63) is 0 Å². The second kappa shape index (κ2) is 8.76. The fourth-order valence-electron chi connectivity index (χ4n) is 3.70. The Balaban J connectivity index is 1.89. The molecule has 0 spiro atoms. The lowest BCUT2D eigenvalue weighted by molar-refractivity contribution is -0.144. The van der Waals surface area contributed by atoms with Gasteiger partial charge in [0.15, 0.2) is 0 Å². The lowest BCUT2D eigenvalue weighted by Crippen LogP contribution is -2.51. The number of nitrogens with one attached hydrogen (secondary N) is 1. The quantitative estimate of drug-likeness (QED) is 0.425. The molecular formula is C17H32N4O2. The Hall–Kier alpha value is -0.980. The summed E-state index contributed by atoms with van der Waals surface area (Å²) in [4.78, 5) is 27.5. The first-order valence-corrected chi connectivity index (χ1v) is 9.03. The Bertz CT molecular complexity index is 407. The maximum Gasteiger partial charge on any atom is 0.240 e. The first kappa shape index (κ1) is 18.4. The number of hydrogen-bond donors (Lipinski definition) is 2. The summed E-state index contributed by atoms with van der Waals surface area (Å²) in [5.41, 5.74) is 0. The van der Waals surface area contributed by atoms with Crippen LogP contribution in [-0.2, 0) is 9.59 Å². The van der Waals surface area contributed by atoms with Crippen LogP contribution in [0.4, 0.5) is 0 Å². The molecule has 0 aromatic heterocycles. The van der Waals surface area contributed by atoms with Crippen LogP contribution in [0.3, 0.4) is 0 Å². The molecule has 6 nitrogen and oxygen atoms in total. The van der Waals surface area contributed by atoms with Gasteiger partial charge in [-0.15, -0.1) is 0 Å². The summed E-state index contributed by atoms with van der Waals surface area (Å²) in [5, 5.41) is 4.67. The zero-order valence-electron chi connectivity index (χ0n) is 14.6. The molecule has 1 amide bonds. The van der Waals surface area contributed by atoms with E-state index in [1.165, 1.54) is 5.01 Å². The van der Waals surface area contributed by atoms with E-state index >= 15 is 0 Å². The van der Waals surface area contributed by atoms with Crippen LogP contribution in [-0.4, -0.2) is 60.9 Å². The van der Waals surface area contributed by atoms with E-state index in [1.54, 1.807) is 0 Å². The van der Waals surface area contributed by atoms with Gasteiger partial charge >= 0.3 is 0 Å². The number of amides is 1. The maximum absolute atomic E-state index is 12.7. The van der Waals surface area contributed by atoms with Crippen LogP contribution in [0, 0.1) is 17.8 Å². The van der Waals surface area contributed by atoms with Gasteiger partial charge in [0, 0.05) is 57.0 Å². The number of hydrogen-bond acceptors (Lipinski definition) is 5. The van der Waals surface area contributed by atoms with Gasteiger partial charge in [-0.1, -0.05) is 26.7 Å². The maximum atomic E-state index is 12.7. The summed E-state index contributed by atoms with van der Waals surface area (Å²) in [6, 6.07) is 0. The van der Waals surface area contributed by atoms with Crippen molar-refractivity contribution >= 4 is 11.7 Å². The van der Waals surface area contributed by atoms with Gasteiger partial charge in [0.05, 0.1) is 0 Å². The third-order valence-corrected chi connectivity index (χ3v) is 5.17. The van der Waals surface area contributed by atoms with Crippen molar-refractivity contribution in [1.29, 1.82) is 0 Å². The molecule has 1 heterocycles. The molecule has 0 aromatic rings. The van der Waals surface area contributed by atoms with Crippen molar-refractivity contribution in [3.63, 3.8) is 0 Å². The third kappa shape index (κ3) is 4.99. The van der Waals surface area contributed by atoms with Gasteiger partial charge in [-0.25, -0.2) is 5.84 Å². The normalized spacial score (nSPS) is 26.3. The molecule has 0 aromatic carbocycles. The highest BCUT2D eigenvalue weighted by Crippen LogP contribution is 2.33. The van der Waals surface area contributed by atoms with Crippen molar-refractivity contribution in [1.82, 2.24) is 15.2 Å². The molecule has 1 saturated heterocycles. The first-order chi connectivity index (χ1) is 11.0. The number of carbonyl (C=O) groups excluding carboxylic acids is 2. The van der Waals surface area contributed by atoms with Crippen LogP contribution in [0.2, 0.25) is 0 Å². The lowest BCUT2D eigenvalue weighted by Gasteiger charge is -2.34. The molecule has 6 heteroatoms. The van der Waals surface area contributed by atoms with E-state index < -0.39 is 0 Å². The summed E-state index contributed by atoms with van der Waals surface area (Å²) < 4.78 is 0. The summed E-state index contributed by atoms with van der Waals surface area (Å²) >= 11 is 0. The highest BCUT2D eigenvalue weighted by molar-refractivity contribution is 5.89. The average molecular weight is 324 g/mol. The summed E-state index contributed by atoms with van der Waals surface area (Å²) in [6.45, 7) is 9.17. The highest BCUT2D eigenvalue weighted by Gasteiger charge is 2.37. The monoisotopic (exact) mass is 324 g/mol. The zero-order chi connectivity index (χ0) is 16.8. The van der Waals surface area contributed by atoms with Crippen LogP contribution < -0.4 is 11.2 Å². The Kier molecular flexibility index (Phi) is 6.99. The molecule has 0 bridgehead atoms.